The van der Waals surface area contributed by atoms with Crippen LogP contribution in [0.25, 0.3) is 10.9 Å². The van der Waals surface area contributed by atoms with E-state index in [1.807, 2.05) is 16.8 Å². The monoisotopic (exact) mass is 371 g/mol. The van der Waals surface area contributed by atoms with Crippen LogP contribution in [0.2, 0.25) is 0 Å². The summed E-state index contributed by atoms with van der Waals surface area (Å²) in [6, 6.07) is 18.8. The van der Waals surface area contributed by atoms with Crippen LogP contribution in [-0.4, -0.2) is 40.9 Å². The first-order chi connectivity index (χ1) is 12.4. The Kier molecular flexibility index (Phi) is 6.53. The number of hydrogen-bond acceptors (Lipinski definition) is 3. The molecule has 1 aromatic heterocycles. The third-order valence-electron chi connectivity index (χ3n) is 4.86. The van der Waals surface area contributed by atoms with Gasteiger partial charge in [-0.3, -0.25) is 4.68 Å². The van der Waals surface area contributed by atoms with E-state index < -0.39 is 0 Å². The Labute approximate surface area is 161 Å². The van der Waals surface area contributed by atoms with E-state index in [0.717, 1.165) is 42.9 Å². The van der Waals surface area contributed by atoms with Crippen LogP contribution in [0.15, 0.2) is 54.6 Å². The van der Waals surface area contributed by atoms with Gasteiger partial charge in [-0.1, -0.05) is 42.5 Å². The van der Waals surface area contributed by atoms with Crippen molar-refractivity contribution in [2.24, 2.45) is 0 Å². The lowest BCUT2D eigenvalue weighted by Crippen LogP contribution is -2.22. The number of fused-ring (bicyclic) bond motifs is 1. The molecule has 0 bridgehead atoms. The van der Waals surface area contributed by atoms with Crippen LogP contribution in [0.4, 0.5) is 0 Å². The van der Waals surface area contributed by atoms with Crippen molar-refractivity contribution in [2.75, 3.05) is 26.2 Å². The van der Waals surface area contributed by atoms with Gasteiger partial charge in [0.15, 0.2) is 0 Å². The van der Waals surface area contributed by atoms with Crippen LogP contribution in [0.1, 0.15) is 24.8 Å². The highest BCUT2D eigenvalue weighted by Crippen LogP contribution is 2.25. The first kappa shape index (κ1) is 18.7. The second-order valence-corrected chi connectivity index (χ2v) is 6.72. The molecular formula is C21H26ClN3O. The van der Waals surface area contributed by atoms with E-state index in [4.69, 9.17) is 9.84 Å². The topological polar surface area (TPSA) is 30.3 Å². The van der Waals surface area contributed by atoms with Crippen molar-refractivity contribution in [3.05, 3.63) is 60.2 Å². The molecule has 138 valence electrons. The molecule has 0 radical (unpaired) electrons. The second kappa shape index (κ2) is 9.06. The molecule has 26 heavy (non-hydrogen) atoms. The summed E-state index contributed by atoms with van der Waals surface area (Å²) in [5, 5.41) is 5.83. The Morgan fingerprint density at radius 1 is 0.923 bits per heavy atom. The van der Waals surface area contributed by atoms with Crippen molar-refractivity contribution in [2.45, 2.75) is 25.8 Å². The van der Waals surface area contributed by atoms with Gasteiger partial charge in [0.2, 0.25) is 5.88 Å². The minimum atomic E-state index is 0. The maximum Gasteiger partial charge on any atom is 0.240 e. The Morgan fingerprint density at radius 3 is 2.46 bits per heavy atom. The summed E-state index contributed by atoms with van der Waals surface area (Å²) in [5.74, 6) is 0.757. The summed E-state index contributed by atoms with van der Waals surface area (Å²) in [6.45, 7) is 5.10. The normalized spacial score (nSPS) is 14.5. The van der Waals surface area contributed by atoms with Crippen LogP contribution in [-0.2, 0) is 6.54 Å². The number of nitrogens with zero attached hydrogens (tertiary/aromatic N) is 3. The van der Waals surface area contributed by atoms with Gasteiger partial charge in [0.1, 0.15) is 0 Å². The standard InChI is InChI=1S/C21H25N3O.ClH/c1-2-9-18(10-3-1)17-24-20-12-5-4-11-19(20)21(22-24)25-16-8-15-23-13-6-7-14-23;/h1-5,9-12H,6-8,13-17H2;1H. The molecule has 0 N–H and O–H groups in total. The molecule has 1 aliphatic heterocycles. The third-order valence-corrected chi connectivity index (χ3v) is 4.86. The van der Waals surface area contributed by atoms with E-state index in [0.29, 0.717) is 0 Å². The first-order valence-electron chi connectivity index (χ1n) is 9.25. The summed E-state index contributed by atoms with van der Waals surface area (Å²) >= 11 is 0. The van der Waals surface area contributed by atoms with Crippen molar-refractivity contribution >= 4 is 23.3 Å². The zero-order chi connectivity index (χ0) is 16.9. The lowest BCUT2D eigenvalue weighted by molar-refractivity contribution is 0.257. The van der Waals surface area contributed by atoms with Crippen molar-refractivity contribution in [3.63, 3.8) is 0 Å². The molecule has 2 heterocycles. The Balaban J connectivity index is 0.00000196. The molecular weight excluding hydrogens is 346 g/mol. The minimum absolute atomic E-state index is 0. The van der Waals surface area contributed by atoms with Crippen molar-refractivity contribution in [3.8, 4) is 5.88 Å². The Bertz CT molecular complexity index is 812. The highest BCUT2D eigenvalue weighted by atomic mass is 35.5. The Hall–Kier alpha value is -2.04. The predicted molar refractivity (Wildman–Crippen MR) is 108 cm³/mol. The number of hydrogen-bond donors (Lipinski definition) is 0. The Morgan fingerprint density at radius 2 is 1.65 bits per heavy atom. The fourth-order valence-corrected chi connectivity index (χ4v) is 3.54. The van der Waals surface area contributed by atoms with Gasteiger partial charge in [0.05, 0.1) is 24.1 Å². The molecule has 2 aromatic carbocycles. The van der Waals surface area contributed by atoms with Gasteiger partial charge in [-0.15, -0.1) is 17.5 Å². The van der Waals surface area contributed by atoms with Crippen LogP contribution in [0, 0.1) is 0 Å². The number of para-hydroxylation sites is 1. The molecule has 1 aliphatic rings. The van der Waals surface area contributed by atoms with Crippen LogP contribution in [0.3, 0.4) is 0 Å². The van der Waals surface area contributed by atoms with Gasteiger partial charge in [-0.05, 0) is 50.0 Å². The summed E-state index contributed by atoms with van der Waals surface area (Å²) < 4.78 is 8.08. The molecule has 0 aliphatic carbocycles. The lowest BCUT2D eigenvalue weighted by atomic mass is 10.2. The molecule has 4 nitrogen and oxygen atoms in total. The molecule has 4 rings (SSSR count). The largest absolute Gasteiger partial charge is 0.476 e. The smallest absolute Gasteiger partial charge is 0.240 e. The molecule has 1 fully saturated rings. The number of likely N-dealkylation sites (tertiary alicyclic amines) is 1. The number of halogens is 1. The number of ether oxygens (including phenoxy) is 1. The maximum atomic E-state index is 6.04. The van der Waals surface area contributed by atoms with Gasteiger partial charge in [0, 0.05) is 6.54 Å². The molecule has 0 atom stereocenters. The van der Waals surface area contributed by atoms with Crippen molar-refractivity contribution < 1.29 is 4.74 Å². The van der Waals surface area contributed by atoms with E-state index in [-0.39, 0.29) is 12.4 Å². The van der Waals surface area contributed by atoms with E-state index in [9.17, 15) is 0 Å². The highest BCUT2D eigenvalue weighted by Gasteiger charge is 2.13. The summed E-state index contributed by atoms with van der Waals surface area (Å²) in [4.78, 5) is 2.52. The molecule has 0 unspecified atom stereocenters. The zero-order valence-electron chi connectivity index (χ0n) is 15.0. The van der Waals surface area contributed by atoms with E-state index in [1.54, 1.807) is 0 Å². The van der Waals surface area contributed by atoms with Gasteiger partial charge in [-0.2, -0.15) is 0 Å². The highest BCUT2D eigenvalue weighted by molar-refractivity contribution is 5.85. The molecule has 0 saturated carbocycles. The van der Waals surface area contributed by atoms with Crippen LogP contribution in [0.5, 0.6) is 5.88 Å². The summed E-state index contributed by atoms with van der Waals surface area (Å²) in [5.41, 5.74) is 2.37. The molecule has 5 heteroatoms. The second-order valence-electron chi connectivity index (χ2n) is 6.72. The molecule has 0 amide bonds. The van der Waals surface area contributed by atoms with Gasteiger partial charge < -0.3 is 9.64 Å². The summed E-state index contributed by atoms with van der Waals surface area (Å²) in [7, 11) is 0. The van der Waals surface area contributed by atoms with Crippen LogP contribution < -0.4 is 4.74 Å². The number of benzene rings is 2. The molecule has 0 spiro atoms. The fraction of sp³-hybridized carbons (Fsp3) is 0.381. The fourth-order valence-electron chi connectivity index (χ4n) is 3.54. The van der Waals surface area contributed by atoms with Crippen molar-refractivity contribution in [1.29, 1.82) is 0 Å². The van der Waals surface area contributed by atoms with Gasteiger partial charge in [0.25, 0.3) is 0 Å². The van der Waals surface area contributed by atoms with Crippen molar-refractivity contribution in [1.82, 2.24) is 14.7 Å². The maximum absolute atomic E-state index is 6.04. The van der Waals surface area contributed by atoms with E-state index in [2.05, 4.69) is 47.4 Å². The molecule has 3 aromatic rings. The minimum Gasteiger partial charge on any atom is -0.476 e. The zero-order valence-corrected chi connectivity index (χ0v) is 15.8. The first-order valence-corrected chi connectivity index (χ1v) is 9.25. The predicted octanol–water partition coefficient (Wildman–Crippen LogP) is 4.37. The average Bonchev–Trinajstić information content (AvgIpc) is 3.29. The lowest BCUT2D eigenvalue weighted by Gasteiger charge is -2.13. The SMILES string of the molecule is Cl.c1ccc(Cn2nc(OCCCN3CCCC3)c3ccccc32)cc1. The average molecular weight is 372 g/mol. The summed E-state index contributed by atoms with van der Waals surface area (Å²) in [6.07, 6.45) is 3.74. The third kappa shape index (κ3) is 4.37. The van der Waals surface area contributed by atoms with E-state index >= 15 is 0 Å². The quantitative estimate of drug-likeness (QED) is 0.578. The van der Waals surface area contributed by atoms with Crippen LogP contribution >= 0.6 is 12.4 Å². The van der Waals surface area contributed by atoms with Gasteiger partial charge >= 0.3 is 0 Å². The number of aromatic nitrogens is 2. The van der Waals surface area contributed by atoms with Gasteiger partial charge in [-0.25, -0.2) is 0 Å². The molecule has 1 saturated heterocycles. The number of rotatable bonds is 7. The van der Waals surface area contributed by atoms with E-state index in [1.165, 1.54) is 31.5 Å².